The third kappa shape index (κ3) is 5.37. The van der Waals surface area contributed by atoms with Crippen molar-refractivity contribution in [1.29, 1.82) is 0 Å². The summed E-state index contributed by atoms with van der Waals surface area (Å²) >= 11 is 0. The van der Waals surface area contributed by atoms with E-state index in [0.29, 0.717) is 29.6 Å². The first kappa shape index (κ1) is 25.3. The van der Waals surface area contributed by atoms with Gasteiger partial charge in [-0.25, -0.2) is 9.59 Å². The number of nitrogens with one attached hydrogen (secondary N) is 1. The number of hydrogen-bond acceptors (Lipinski definition) is 6. The van der Waals surface area contributed by atoms with Crippen molar-refractivity contribution in [2.75, 3.05) is 18.5 Å². The van der Waals surface area contributed by atoms with Gasteiger partial charge in [0.25, 0.3) is 0 Å². The van der Waals surface area contributed by atoms with Crippen LogP contribution in [0.15, 0.2) is 52.9 Å². The zero-order chi connectivity index (χ0) is 26.0. The van der Waals surface area contributed by atoms with Crippen molar-refractivity contribution in [2.45, 2.75) is 58.6 Å². The van der Waals surface area contributed by atoms with E-state index in [2.05, 4.69) is 5.32 Å². The van der Waals surface area contributed by atoms with Crippen molar-refractivity contribution in [2.24, 2.45) is 0 Å². The van der Waals surface area contributed by atoms with Gasteiger partial charge in [0, 0.05) is 23.5 Å². The van der Waals surface area contributed by atoms with Crippen molar-refractivity contribution in [3.63, 3.8) is 0 Å². The molecule has 3 aromatic rings. The summed E-state index contributed by atoms with van der Waals surface area (Å²) < 4.78 is 16.2. The van der Waals surface area contributed by atoms with E-state index in [1.165, 1.54) is 4.90 Å². The molecule has 1 aliphatic rings. The van der Waals surface area contributed by atoms with Crippen LogP contribution in [0.25, 0.3) is 11.0 Å². The van der Waals surface area contributed by atoms with Crippen LogP contribution in [0.1, 0.15) is 61.7 Å². The largest absolute Gasteiger partial charge is 0.460 e. The SMILES string of the molecule is CCOC(=O)c1cc2cc(NC(=O)[C@@H]3[C@H](c4ccccc4C)CCN3C(=O)OC(C)(C)C)ccc2o1. The van der Waals surface area contributed by atoms with Gasteiger partial charge in [-0.1, -0.05) is 24.3 Å². The van der Waals surface area contributed by atoms with Crippen molar-refractivity contribution < 1.29 is 28.3 Å². The van der Waals surface area contributed by atoms with Crippen LogP contribution in [0.2, 0.25) is 0 Å². The standard InChI is InChI=1S/C28H32N2O6/c1-6-34-26(32)23-16-18-15-19(11-12-22(18)35-23)29-25(31)24-21(20-10-8-7-9-17(20)2)13-14-30(24)27(33)36-28(3,4)5/h7-12,15-16,21,24H,6,13-14H2,1-5H3,(H,29,31)/t21-,24-/m0/s1. The molecule has 0 bridgehead atoms. The van der Waals surface area contributed by atoms with Crippen LogP contribution in [-0.4, -0.2) is 47.7 Å². The molecule has 2 atom stereocenters. The van der Waals surface area contributed by atoms with E-state index in [1.807, 2.05) is 31.2 Å². The van der Waals surface area contributed by atoms with Crippen molar-refractivity contribution >= 4 is 34.6 Å². The molecule has 0 aliphatic carbocycles. The molecule has 1 fully saturated rings. The number of ether oxygens (including phenoxy) is 2. The molecule has 190 valence electrons. The molecule has 8 heteroatoms. The second-order valence-corrected chi connectivity index (χ2v) is 9.94. The lowest BCUT2D eigenvalue weighted by molar-refractivity contribution is -0.120. The minimum atomic E-state index is -0.740. The fourth-order valence-corrected chi connectivity index (χ4v) is 4.61. The fraction of sp³-hybridized carbons (Fsp3) is 0.393. The number of likely N-dealkylation sites (tertiary alicyclic amines) is 1. The molecular weight excluding hydrogens is 460 g/mol. The van der Waals surface area contributed by atoms with E-state index in [9.17, 15) is 14.4 Å². The average molecular weight is 493 g/mol. The van der Waals surface area contributed by atoms with Crippen LogP contribution < -0.4 is 5.32 Å². The maximum Gasteiger partial charge on any atom is 0.410 e. The molecule has 36 heavy (non-hydrogen) atoms. The average Bonchev–Trinajstić information content (AvgIpc) is 3.43. The molecule has 0 unspecified atom stereocenters. The minimum absolute atomic E-state index is 0.0989. The highest BCUT2D eigenvalue weighted by Gasteiger charge is 2.44. The number of furan rings is 1. The molecule has 1 aliphatic heterocycles. The van der Waals surface area contributed by atoms with Crippen molar-refractivity contribution in [3.05, 3.63) is 65.4 Å². The monoisotopic (exact) mass is 492 g/mol. The van der Waals surface area contributed by atoms with Crippen LogP contribution in [0.5, 0.6) is 0 Å². The molecule has 0 spiro atoms. The number of carbonyl (C=O) groups excluding carboxylic acids is 3. The summed E-state index contributed by atoms with van der Waals surface area (Å²) in [4.78, 5) is 40.3. The van der Waals surface area contributed by atoms with Crippen molar-refractivity contribution in [3.8, 4) is 0 Å². The number of nitrogens with zero attached hydrogens (tertiary/aromatic N) is 1. The minimum Gasteiger partial charge on any atom is -0.460 e. The topological polar surface area (TPSA) is 98.1 Å². The Morgan fingerprint density at radius 1 is 1.11 bits per heavy atom. The predicted octanol–water partition coefficient (Wildman–Crippen LogP) is 5.65. The predicted molar refractivity (Wildman–Crippen MR) is 136 cm³/mol. The Hall–Kier alpha value is -3.81. The van der Waals surface area contributed by atoms with Crippen LogP contribution in [-0.2, 0) is 14.3 Å². The highest BCUT2D eigenvalue weighted by Crippen LogP contribution is 2.37. The quantitative estimate of drug-likeness (QED) is 0.462. The summed E-state index contributed by atoms with van der Waals surface area (Å²) in [6.07, 6.45) is 0.134. The zero-order valence-electron chi connectivity index (χ0n) is 21.3. The van der Waals surface area contributed by atoms with Gasteiger partial charge < -0.3 is 19.2 Å². The molecule has 2 heterocycles. The molecule has 2 amide bonds. The number of fused-ring (bicyclic) bond motifs is 1. The first-order valence-corrected chi connectivity index (χ1v) is 12.1. The number of benzene rings is 2. The maximum absolute atomic E-state index is 13.7. The number of carbonyl (C=O) groups is 3. The third-order valence-electron chi connectivity index (χ3n) is 6.14. The fourth-order valence-electron chi connectivity index (χ4n) is 4.61. The van der Waals surface area contributed by atoms with E-state index in [0.717, 1.165) is 11.1 Å². The van der Waals surface area contributed by atoms with Gasteiger partial charge >= 0.3 is 12.1 Å². The van der Waals surface area contributed by atoms with Gasteiger partial charge in [0.2, 0.25) is 11.7 Å². The van der Waals surface area contributed by atoms with Crippen LogP contribution in [0.3, 0.4) is 0 Å². The number of aryl methyl sites for hydroxylation is 1. The van der Waals surface area contributed by atoms with E-state index < -0.39 is 23.7 Å². The van der Waals surface area contributed by atoms with E-state index in [1.54, 1.807) is 52.0 Å². The van der Waals surface area contributed by atoms with Gasteiger partial charge in [0.15, 0.2) is 0 Å². The first-order chi connectivity index (χ1) is 17.1. The summed E-state index contributed by atoms with van der Waals surface area (Å²) in [6, 6.07) is 13.9. The summed E-state index contributed by atoms with van der Waals surface area (Å²) in [7, 11) is 0. The maximum atomic E-state index is 13.7. The third-order valence-corrected chi connectivity index (χ3v) is 6.14. The van der Waals surface area contributed by atoms with E-state index in [4.69, 9.17) is 13.9 Å². The number of rotatable bonds is 5. The highest BCUT2D eigenvalue weighted by atomic mass is 16.6. The number of anilines is 1. The summed E-state index contributed by atoms with van der Waals surface area (Å²) in [5.41, 5.74) is 2.46. The molecule has 1 saturated heterocycles. The molecule has 0 radical (unpaired) electrons. The molecule has 4 rings (SSSR count). The van der Waals surface area contributed by atoms with Gasteiger partial charge in [0.1, 0.15) is 17.2 Å². The lowest BCUT2D eigenvalue weighted by Gasteiger charge is -2.30. The molecule has 1 N–H and O–H groups in total. The highest BCUT2D eigenvalue weighted by molar-refractivity contribution is 6.00. The Kier molecular flexibility index (Phi) is 7.06. The molecule has 2 aromatic carbocycles. The Bertz CT molecular complexity index is 1290. The molecule has 8 nitrogen and oxygen atoms in total. The lowest BCUT2D eigenvalue weighted by Crippen LogP contribution is -2.47. The van der Waals surface area contributed by atoms with Crippen LogP contribution >= 0.6 is 0 Å². The Labute approximate surface area is 210 Å². The van der Waals surface area contributed by atoms with Crippen LogP contribution in [0, 0.1) is 6.92 Å². The van der Waals surface area contributed by atoms with E-state index in [-0.39, 0.29) is 24.2 Å². The second-order valence-electron chi connectivity index (χ2n) is 9.94. The Balaban J connectivity index is 1.62. The number of hydrogen-bond donors (Lipinski definition) is 1. The number of esters is 1. The van der Waals surface area contributed by atoms with Gasteiger partial charge in [-0.15, -0.1) is 0 Å². The molecule has 0 saturated carbocycles. The molecule has 1 aromatic heterocycles. The Morgan fingerprint density at radius 2 is 1.86 bits per heavy atom. The smallest absolute Gasteiger partial charge is 0.410 e. The van der Waals surface area contributed by atoms with Crippen LogP contribution in [0.4, 0.5) is 10.5 Å². The van der Waals surface area contributed by atoms with E-state index >= 15 is 0 Å². The summed E-state index contributed by atoms with van der Waals surface area (Å²) in [6.45, 7) is 9.81. The zero-order valence-corrected chi connectivity index (χ0v) is 21.3. The van der Waals surface area contributed by atoms with Gasteiger partial charge in [0.05, 0.1) is 6.61 Å². The normalized spacial score (nSPS) is 17.8. The first-order valence-electron chi connectivity index (χ1n) is 12.1. The lowest BCUT2D eigenvalue weighted by atomic mass is 9.88. The van der Waals surface area contributed by atoms with Gasteiger partial charge in [-0.3, -0.25) is 9.69 Å². The van der Waals surface area contributed by atoms with Gasteiger partial charge in [-0.2, -0.15) is 0 Å². The summed E-state index contributed by atoms with van der Waals surface area (Å²) in [5, 5.41) is 3.61. The second kappa shape index (κ2) is 10.0. The summed E-state index contributed by atoms with van der Waals surface area (Å²) in [5.74, 6) is -0.923. The Morgan fingerprint density at radius 3 is 2.56 bits per heavy atom. The molecular formula is C28H32N2O6. The van der Waals surface area contributed by atoms with Gasteiger partial charge in [-0.05, 0) is 76.4 Å². The van der Waals surface area contributed by atoms with Crippen molar-refractivity contribution in [1.82, 2.24) is 4.90 Å². The number of amides is 2.